The van der Waals surface area contributed by atoms with Crippen molar-refractivity contribution in [3.63, 3.8) is 0 Å². The molecule has 86 valence electrons. The van der Waals surface area contributed by atoms with Gasteiger partial charge in [-0.3, -0.25) is 4.90 Å². The summed E-state index contributed by atoms with van der Waals surface area (Å²) in [5, 5.41) is 0. The van der Waals surface area contributed by atoms with Gasteiger partial charge in [0.15, 0.2) is 0 Å². The Balaban J connectivity index is 2.13. The maximum atomic E-state index is 5.52. The summed E-state index contributed by atoms with van der Waals surface area (Å²) in [7, 11) is 1.84. The van der Waals surface area contributed by atoms with Crippen LogP contribution in [0.25, 0.3) is 0 Å². The van der Waals surface area contributed by atoms with Gasteiger partial charge in [-0.15, -0.1) is 0 Å². The lowest BCUT2D eigenvalue weighted by Crippen LogP contribution is -2.39. The molecule has 0 aromatic carbocycles. The predicted molar refractivity (Wildman–Crippen MR) is 62.9 cm³/mol. The molecule has 2 saturated heterocycles. The topological polar surface area (TPSA) is 12.5 Å². The Morgan fingerprint density at radius 3 is 2.93 bits per heavy atom. The van der Waals surface area contributed by atoms with E-state index in [1.807, 2.05) is 7.11 Å². The molecule has 2 fully saturated rings. The number of hydrogen-bond acceptors (Lipinski definition) is 2. The number of methoxy groups -OCH3 is 1. The molecule has 0 saturated carbocycles. The first kappa shape index (κ1) is 11.2. The summed E-state index contributed by atoms with van der Waals surface area (Å²) >= 11 is 0. The lowest BCUT2D eigenvalue weighted by Gasteiger charge is -2.33. The molecule has 2 aliphatic rings. The van der Waals surface area contributed by atoms with E-state index in [2.05, 4.69) is 25.3 Å². The lowest BCUT2D eigenvalue weighted by molar-refractivity contribution is 0.108. The third-order valence-electron chi connectivity index (χ3n) is 3.82. The second kappa shape index (κ2) is 3.91. The molecule has 0 aromatic rings. The van der Waals surface area contributed by atoms with Crippen molar-refractivity contribution in [3.8, 4) is 0 Å². The highest BCUT2D eigenvalue weighted by Gasteiger charge is 2.49. The summed E-state index contributed by atoms with van der Waals surface area (Å²) in [5.41, 5.74) is 1.79. The summed E-state index contributed by atoms with van der Waals surface area (Å²) in [6.45, 7) is 11.0. The molecule has 2 rings (SSSR count). The summed E-state index contributed by atoms with van der Waals surface area (Å²) in [5.74, 6) is 0.758. The van der Waals surface area contributed by atoms with Crippen LogP contribution in [0.5, 0.6) is 0 Å². The Morgan fingerprint density at radius 1 is 1.60 bits per heavy atom. The number of hydrogen-bond donors (Lipinski definition) is 0. The minimum absolute atomic E-state index is 0.381. The van der Waals surface area contributed by atoms with Crippen molar-refractivity contribution in [2.24, 2.45) is 5.92 Å². The van der Waals surface area contributed by atoms with E-state index in [0.29, 0.717) is 11.6 Å². The molecule has 2 aliphatic heterocycles. The average Bonchev–Trinajstić information content (AvgIpc) is 2.54. The number of rotatable bonds is 3. The molecule has 2 heterocycles. The van der Waals surface area contributed by atoms with Gasteiger partial charge in [0, 0.05) is 25.7 Å². The molecule has 0 radical (unpaired) electrons. The van der Waals surface area contributed by atoms with Crippen LogP contribution in [0.15, 0.2) is 12.2 Å². The van der Waals surface area contributed by atoms with Crippen molar-refractivity contribution < 1.29 is 4.74 Å². The van der Waals surface area contributed by atoms with E-state index in [9.17, 15) is 0 Å². The normalized spacial score (nSPS) is 36.5. The van der Waals surface area contributed by atoms with Gasteiger partial charge in [0.2, 0.25) is 0 Å². The zero-order chi connectivity index (χ0) is 11.1. The minimum atomic E-state index is 0.381. The first-order valence-electron chi connectivity index (χ1n) is 6.00. The third kappa shape index (κ3) is 1.98. The summed E-state index contributed by atoms with van der Waals surface area (Å²) in [6.07, 6.45) is 4.11. The third-order valence-corrected chi connectivity index (χ3v) is 3.82. The number of ether oxygens (including phenoxy) is 1. The van der Waals surface area contributed by atoms with Crippen LogP contribution in [0.3, 0.4) is 0 Å². The smallest absolute Gasteiger partial charge is 0.0716 e. The van der Waals surface area contributed by atoms with Crippen LogP contribution in [0.2, 0.25) is 0 Å². The van der Waals surface area contributed by atoms with Crippen LogP contribution in [-0.2, 0) is 4.74 Å². The summed E-state index contributed by atoms with van der Waals surface area (Å²) in [4.78, 5) is 2.60. The van der Waals surface area contributed by atoms with E-state index in [1.54, 1.807) is 0 Å². The van der Waals surface area contributed by atoms with Gasteiger partial charge in [-0.25, -0.2) is 0 Å². The van der Waals surface area contributed by atoms with Crippen LogP contribution in [0.4, 0.5) is 0 Å². The van der Waals surface area contributed by atoms with Crippen molar-refractivity contribution in [1.29, 1.82) is 0 Å². The van der Waals surface area contributed by atoms with E-state index in [4.69, 9.17) is 4.74 Å². The second-order valence-electron chi connectivity index (χ2n) is 5.69. The van der Waals surface area contributed by atoms with E-state index < -0.39 is 0 Å². The first-order chi connectivity index (χ1) is 7.05. The summed E-state index contributed by atoms with van der Waals surface area (Å²) < 4.78 is 5.52. The highest BCUT2D eigenvalue weighted by Crippen LogP contribution is 2.45. The van der Waals surface area contributed by atoms with Crippen LogP contribution in [-0.4, -0.2) is 36.7 Å². The van der Waals surface area contributed by atoms with Gasteiger partial charge in [0.25, 0.3) is 0 Å². The van der Waals surface area contributed by atoms with E-state index in [-0.39, 0.29) is 0 Å². The molecular formula is C13H23NO. The lowest BCUT2D eigenvalue weighted by atomic mass is 9.84. The molecule has 0 unspecified atom stereocenters. The van der Waals surface area contributed by atoms with Gasteiger partial charge in [-0.2, -0.15) is 0 Å². The molecule has 0 amide bonds. The van der Waals surface area contributed by atoms with E-state index in [1.165, 1.54) is 24.8 Å². The molecule has 2 atom stereocenters. The molecule has 0 aromatic heterocycles. The fourth-order valence-corrected chi connectivity index (χ4v) is 3.47. The fourth-order valence-electron chi connectivity index (χ4n) is 3.47. The Kier molecular flexibility index (Phi) is 2.91. The number of nitrogens with zero attached hydrogens (tertiary/aromatic N) is 1. The maximum absolute atomic E-state index is 5.52. The minimum Gasteiger partial charge on any atom is -0.380 e. The highest BCUT2D eigenvalue weighted by atomic mass is 16.5. The Morgan fingerprint density at radius 2 is 2.33 bits per heavy atom. The van der Waals surface area contributed by atoms with Crippen LogP contribution >= 0.6 is 0 Å². The molecule has 2 nitrogen and oxygen atoms in total. The predicted octanol–water partition coefficient (Wildman–Crippen LogP) is 2.45. The maximum Gasteiger partial charge on any atom is 0.0716 e. The van der Waals surface area contributed by atoms with Gasteiger partial charge in [-0.05, 0) is 25.2 Å². The highest BCUT2D eigenvalue weighted by molar-refractivity contribution is 5.19. The molecule has 0 bridgehead atoms. The molecule has 2 heteroatoms. The average molecular weight is 209 g/mol. The largest absolute Gasteiger partial charge is 0.380 e. The van der Waals surface area contributed by atoms with Crippen LogP contribution in [0, 0.1) is 5.92 Å². The quantitative estimate of drug-likeness (QED) is 0.662. The SMILES string of the molecule is C=C1CN2C[C@H](OC)C[C@]2(CC(C)C)C1. The van der Waals surface area contributed by atoms with Gasteiger partial charge in [-0.1, -0.05) is 26.0 Å². The van der Waals surface area contributed by atoms with Gasteiger partial charge in [0.1, 0.15) is 0 Å². The monoisotopic (exact) mass is 209 g/mol. The van der Waals surface area contributed by atoms with Crippen molar-refractivity contribution in [1.82, 2.24) is 4.90 Å². The standard InChI is InChI=1S/C13H23NO/c1-10(2)5-13-6-11(3)8-14(13)9-12(7-13)15-4/h10,12H,3,5-9H2,1-2,4H3/t12-,13+/m1/s1. The molecular weight excluding hydrogens is 186 g/mol. The van der Waals surface area contributed by atoms with Crippen molar-refractivity contribution in [2.75, 3.05) is 20.2 Å². The van der Waals surface area contributed by atoms with Gasteiger partial charge >= 0.3 is 0 Å². The molecule has 0 spiro atoms. The zero-order valence-electron chi connectivity index (χ0n) is 10.3. The Hall–Kier alpha value is -0.340. The molecule has 0 N–H and O–H groups in total. The molecule has 15 heavy (non-hydrogen) atoms. The van der Waals surface area contributed by atoms with Crippen LogP contribution < -0.4 is 0 Å². The Bertz CT molecular complexity index is 261. The first-order valence-corrected chi connectivity index (χ1v) is 6.00. The van der Waals surface area contributed by atoms with Crippen molar-refractivity contribution in [3.05, 3.63) is 12.2 Å². The van der Waals surface area contributed by atoms with Crippen molar-refractivity contribution in [2.45, 2.75) is 44.8 Å². The van der Waals surface area contributed by atoms with Gasteiger partial charge in [0.05, 0.1) is 6.10 Å². The van der Waals surface area contributed by atoms with Crippen LogP contribution in [0.1, 0.15) is 33.1 Å². The second-order valence-corrected chi connectivity index (χ2v) is 5.69. The van der Waals surface area contributed by atoms with E-state index >= 15 is 0 Å². The Labute approximate surface area is 93.3 Å². The zero-order valence-corrected chi connectivity index (χ0v) is 10.3. The van der Waals surface area contributed by atoms with Gasteiger partial charge < -0.3 is 4.74 Å². The van der Waals surface area contributed by atoms with E-state index in [0.717, 1.165) is 19.0 Å². The summed E-state index contributed by atoms with van der Waals surface area (Å²) in [6, 6.07) is 0. The molecule has 0 aliphatic carbocycles. The fraction of sp³-hybridized carbons (Fsp3) is 0.846. The number of fused-ring (bicyclic) bond motifs is 1. The van der Waals surface area contributed by atoms with Crippen molar-refractivity contribution >= 4 is 0 Å².